The Morgan fingerprint density at radius 3 is 2.26 bits per heavy atom. The van der Waals surface area contributed by atoms with Crippen molar-refractivity contribution >= 4 is 41.2 Å². The van der Waals surface area contributed by atoms with Gasteiger partial charge in [0.1, 0.15) is 29.4 Å². The van der Waals surface area contributed by atoms with Gasteiger partial charge in [0.15, 0.2) is 0 Å². The van der Waals surface area contributed by atoms with Gasteiger partial charge in [0.05, 0.1) is 19.4 Å². The van der Waals surface area contributed by atoms with Crippen molar-refractivity contribution < 1.29 is 33.4 Å². The normalized spacial score (nSPS) is 14.2. The van der Waals surface area contributed by atoms with E-state index in [0.717, 1.165) is 4.90 Å². The summed E-state index contributed by atoms with van der Waals surface area (Å²) >= 11 is 0. The third-order valence-corrected chi connectivity index (χ3v) is 5.69. The number of anilines is 2. The molecule has 10 nitrogen and oxygen atoms in total. The molecule has 1 aliphatic rings. The molecule has 0 spiro atoms. The maximum atomic E-state index is 13.2. The second-order valence-electron chi connectivity index (χ2n) is 8.45. The first-order valence-corrected chi connectivity index (χ1v) is 12.1. The Morgan fingerprint density at radius 2 is 1.62 bits per heavy atom. The highest BCUT2D eigenvalue weighted by Crippen LogP contribution is 2.27. The number of imide groups is 2. The third kappa shape index (κ3) is 6.42. The molecule has 0 unspecified atom stereocenters. The minimum Gasteiger partial charge on any atom is -0.496 e. The summed E-state index contributed by atoms with van der Waals surface area (Å²) in [6.07, 6.45) is 1.41. The summed E-state index contributed by atoms with van der Waals surface area (Å²) in [5.74, 6) is 0.00536. The molecule has 1 aliphatic heterocycles. The zero-order chi connectivity index (χ0) is 27.9. The second-order valence-corrected chi connectivity index (χ2v) is 8.45. The van der Waals surface area contributed by atoms with Gasteiger partial charge in [-0.1, -0.05) is 6.07 Å². The first-order valence-electron chi connectivity index (χ1n) is 12.1. The van der Waals surface area contributed by atoms with Crippen LogP contribution in [0.15, 0.2) is 72.3 Å². The number of carbonyl (C=O) groups is 4. The highest BCUT2D eigenvalue weighted by atomic mass is 16.5. The van der Waals surface area contributed by atoms with Crippen LogP contribution in [0.3, 0.4) is 0 Å². The van der Waals surface area contributed by atoms with Crippen LogP contribution in [-0.4, -0.2) is 37.5 Å². The van der Waals surface area contributed by atoms with E-state index in [4.69, 9.17) is 14.2 Å². The molecular weight excluding hydrogens is 502 g/mol. The monoisotopic (exact) mass is 529 g/mol. The Bertz CT molecular complexity index is 1430. The second kappa shape index (κ2) is 12.0. The van der Waals surface area contributed by atoms with Gasteiger partial charge in [-0.25, -0.2) is 9.69 Å². The number of benzene rings is 3. The number of nitrogens with zero attached hydrogens (tertiary/aromatic N) is 1. The first kappa shape index (κ1) is 26.9. The molecule has 2 N–H and O–H groups in total. The summed E-state index contributed by atoms with van der Waals surface area (Å²) in [4.78, 5) is 50.5. The molecule has 1 heterocycles. The number of methoxy groups -OCH3 is 1. The van der Waals surface area contributed by atoms with Crippen LogP contribution in [0.5, 0.6) is 17.2 Å². The topological polar surface area (TPSA) is 123 Å². The summed E-state index contributed by atoms with van der Waals surface area (Å²) in [6, 6.07) is 17.6. The van der Waals surface area contributed by atoms with Gasteiger partial charge in [0, 0.05) is 18.2 Å². The maximum absolute atomic E-state index is 13.2. The van der Waals surface area contributed by atoms with Gasteiger partial charge in [0.25, 0.3) is 11.8 Å². The molecule has 0 saturated carbocycles. The highest BCUT2D eigenvalue weighted by Gasteiger charge is 2.36. The van der Waals surface area contributed by atoms with Crippen molar-refractivity contribution in [3.05, 3.63) is 83.4 Å². The quantitative estimate of drug-likeness (QED) is 0.313. The lowest BCUT2D eigenvalue weighted by molar-refractivity contribution is -0.122. The van der Waals surface area contributed by atoms with Crippen LogP contribution >= 0.6 is 0 Å². The molecule has 0 aromatic heterocycles. The Morgan fingerprint density at radius 1 is 0.949 bits per heavy atom. The average molecular weight is 530 g/mol. The number of amides is 5. The van der Waals surface area contributed by atoms with E-state index in [1.165, 1.54) is 20.1 Å². The summed E-state index contributed by atoms with van der Waals surface area (Å²) in [6.45, 7) is 3.89. The van der Waals surface area contributed by atoms with Gasteiger partial charge in [0.2, 0.25) is 5.91 Å². The van der Waals surface area contributed by atoms with Crippen molar-refractivity contribution in [1.29, 1.82) is 0 Å². The van der Waals surface area contributed by atoms with Gasteiger partial charge >= 0.3 is 6.03 Å². The molecular formula is C29H27N3O7. The average Bonchev–Trinajstić information content (AvgIpc) is 2.91. The van der Waals surface area contributed by atoms with E-state index in [9.17, 15) is 19.2 Å². The Balaban J connectivity index is 1.55. The fraction of sp³-hybridized carbons (Fsp3) is 0.172. The molecule has 10 heteroatoms. The molecule has 5 amide bonds. The SMILES string of the molecule is CCOc1ccc(N2C(=O)NC(=O)/C(=C/c3ccc(OC)c(COc4ccc(NC(C)=O)cc4)c3)C2=O)cc1. The molecule has 3 aromatic rings. The van der Waals surface area contributed by atoms with Crippen molar-refractivity contribution in [1.82, 2.24) is 5.32 Å². The minimum atomic E-state index is -0.834. The lowest BCUT2D eigenvalue weighted by Crippen LogP contribution is -2.54. The van der Waals surface area contributed by atoms with Crippen LogP contribution in [0, 0.1) is 0 Å². The number of rotatable bonds is 9. The van der Waals surface area contributed by atoms with E-state index in [1.807, 2.05) is 6.92 Å². The molecule has 1 saturated heterocycles. The minimum absolute atomic E-state index is 0.136. The van der Waals surface area contributed by atoms with Crippen molar-refractivity contribution in [3.8, 4) is 17.2 Å². The Hall–Kier alpha value is -5.12. The van der Waals surface area contributed by atoms with E-state index in [0.29, 0.717) is 46.4 Å². The largest absolute Gasteiger partial charge is 0.496 e. The lowest BCUT2D eigenvalue weighted by atomic mass is 10.0. The zero-order valence-corrected chi connectivity index (χ0v) is 21.6. The predicted molar refractivity (Wildman–Crippen MR) is 145 cm³/mol. The number of ether oxygens (including phenoxy) is 3. The number of hydrogen-bond donors (Lipinski definition) is 2. The van der Waals surface area contributed by atoms with Crippen LogP contribution < -0.4 is 29.7 Å². The van der Waals surface area contributed by atoms with Crippen molar-refractivity contribution in [2.45, 2.75) is 20.5 Å². The number of urea groups is 1. The molecule has 0 bridgehead atoms. The molecule has 0 atom stereocenters. The zero-order valence-electron chi connectivity index (χ0n) is 21.6. The summed E-state index contributed by atoms with van der Waals surface area (Å²) in [5, 5.41) is 4.91. The maximum Gasteiger partial charge on any atom is 0.335 e. The molecule has 39 heavy (non-hydrogen) atoms. The van der Waals surface area contributed by atoms with Gasteiger partial charge in [-0.3, -0.25) is 19.7 Å². The number of nitrogens with one attached hydrogen (secondary N) is 2. The van der Waals surface area contributed by atoms with Gasteiger partial charge in [-0.2, -0.15) is 0 Å². The van der Waals surface area contributed by atoms with Crippen LogP contribution in [0.4, 0.5) is 16.2 Å². The summed E-state index contributed by atoms with van der Waals surface area (Å²) in [7, 11) is 1.53. The molecule has 200 valence electrons. The van der Waals surface area contributed by atoms with Gasteiger partial charge in [-0.05, 0) is 79.2 Å². The first-order chi connectivity index (χ1) is 18.8. The standard InChI is InChI=1S/C29H27N3O7/c1-4-38-23-12-8-22(9-13-23)32-28(35)25(27(34)31-29(32)36)16-19-5-14-26(37-3)20(15-19)17-39-24-10-6-21(7-11-24)30-18(2)33/h5-16H,4,17H2,1-3H3,(H,30,33)(H,31,34,36)/b25-16-. The fourth-order valence-electron chi connectivity index (χ4n) is 3.92. The predicted octanol–water partition coefficient (Wildman–Crippen LogP) is 4.30. The van der Waals surface area contributed by atoms with Crippen LogP contribution in [0.1, 0.15) is 25.0 Å². The van der Waals surface area contributed by atoms with Crippen LogP contribution in [0.25, 0.3) is 6.08 Å². The number of hydrogen-bond acceptors (Lipinski definition) is 7. The van der Waals surface area contributed by atoms with E-state index < -0.39 is 17.8 Å². The van der Waals surface area contributed by atoms with E-state index in [2.05, 4.69) is 10.6 Å². The molecule has 1 fully saturated rings. The van der Waals surface area contributed by atoms with E-state index >= 15 is 0 Å². The number of carbonyl (C=O) groups excluding carboxylic acids is 4. The Kier molecular flexibility index (Phi) is 8.25. The van der Waals surface area contributed by atoms with Crippen LogP contribution in [-0.2, 0) is 21.0 Å². The van der Waals surface area contributed by atoms with Crippen molar-refractivity contribution in [3.63, 3.8) is 0 Å². The van der Waals surface area contributed by atoms with E-state index in [1.54, 1.807) is 66.7 Å². The molecule has 4 rings (SSSR count). The highest BCUT2D eigenvalue weighted by molar-refractivity contribution is 6.39. The Labute approximate surface area is 225 Å². The van der Waals surface area contributed by atoms with Crippen molar-refractivity contribution in [2.75, 3.05) is 23.9 Å². The smallest absolute Gasteiger partial charge is 0.335 e. The lowest BCUT2D eigenvalue weighted by Gasteiger charge is -2.26. The van der Waals surface area contributed by atoms with Crippen LogP contribution in [0.2, 0.25) is 0 Å². The fourth-order valence-corrected chi connectivity index (χ4v) is 3.92. The summed E-state index contributed by atoms with van der Waals surface area (Å²) < 4.78 is 16.7. The van der Waals surface area contributed by atoms with Gasteiger partial charge in [-0.15, -0.1) is 0 Å². The van der Waals surface area contributed by atoms with Crippen molar-refractivity contribution in [2.24, 2.45) is 0 Å². The van der Waals surface area contributed by atoms with Gasteiger partial charge < -0.3 is 19.5 Å². The third-order valence-electron chi connectivity index (χ3n) is 5.69. The molecule has 3 aromatic carbocycles. The number of barbiturate groups is 1. The van der Waals surface area contributed by atoms with E-state index in [-0.39, 0.29) is 18.1 Å². The molecule has 0 aliphatic carbocycles. The summed E-state index contributed by atoms with van der Waals surface area (Å²) in [5.41, 5.74) is 1.95. The molecule has 0 radical (unpaired) electrons.